The second-order valence-corrected chi connectivity index (χ2v) is 11.6. The first-order valence-electron chi connectivity index (χ1n) is 9.64. The normalized spacial score (nSPS) is 13.7. The zero-order valence-electron chi connectivity index (χ0n) is 17.7. The Kier molecular flexibility index (Phi) is 10.2. The third-order valence-corrected chi connectivity index (χ3v) is 7.97. The van der Waals surface area contributed by atoms with Crippen molar-refractivity contribution in [2.45, 2.75) is 18.3 Å². The molecule has 0 saturated heterocycles. The van der Waals surface area contributed by atoms with Gasteiger partial charge >= 0.3 is 12.4 Å². The SMILES string of the molecule is O=C(NCCS(=O)(=O)CC(F)(F)F)c1ccc(/C=C/C(c2cc(Cl)c(Cl)c(Cl)c2)C(F)(F)F)cc1Br. The summed E-state index contributed by atoms with van der Waals surface area (Å²) in [6, 6.07) is 6.02. The number of amides is 1. The standard InChI is InChI=1S/C21H15BrCl3F6NO3S/c22-15-7-11(1-3-13(15)19(33)32-5-6-36(34,35)10-20(26,27)28)2-4-14(21(29,30)31)12-8-16(23)18(25)17(24)9-12/h1-4,7-9,14H,5-6,10H2,(H,32,33)/b4-2+. The molecule has 0 fully saturated rings. The lowest BCUT2D eigenvalue weighted by atomic mass is 9.97. The van der Waals surface area contributed by atoms with Crippen LogP contribution >= 0.6 is 50.7 Å². The molecule has 0 aliphatic carbocycles. The smallest absolute Gasteiger partial charge is 0.351 e. The molecule has 1 atom stereocenters. The van der Waals surface area contributed by atoms with Crippen molar-refractivity contribution in [2.75, 3.05) is 18.1 Å². The van der Waals surface area contributed by atoms with Gasteiger partial charge in [-0.1, -0.05) is 53.0 Å². The fourth-order valence-corrected chi connectivity index (χ4v) is 5.17. The number of nitrogens with one attached hydrogen (secondary N) is 1. The molecule has 2 aromatic rings. The average molecular weight is 662 g/mol. The molecule has 1 N–H and O–H groups in total. The Balaban J connectivity index is 2.16. The van der Waals surface area contributed by atoms with E-state index in [2.05, 4.69) is 21.2 Å². The van der Waals surface area contributed by atoms with Gasteiger partial charge in [0.05, 0.1) is 32.3 Å². The maximum absolute atomic E-state index is 13.7. The van der Waals surface area contributed by atoms with Crippen molar-refractivity contribution in [2.24, 2.45) is 0 Å². The maximum Gasteiger partial charge on any atom is 0.402 e. The van der Waals surface area contributed by atoms with Crippen molar-refractivity contribution in [3.8, 4) is 0 Å². The molecule has 0 bridgehead atoms. The maximum atomic E-state index is 13.7. The monoisotopic (exact) mass is 659 g/mol. The highest BCUT2D eigenvalue weighted by Gasteiger charge is 2.39. The number of halogens is 10. The molecule has 0 radical (unpaired) electrons. The predicted octanol–water partition coefficient (Wildman–Crippen LogP) is 7.48. The molecule has 1 amide bonds. The van der Waals surface area contributed by atoms with E-state index in [1.54, 1.807) is 0 Å². The molecule has 36 heavy (non-hydrogen) atoms. The zero-order valence-corrected chi connectivity index (χ0v) is 22.3. The van der Waals surface area contributed by atoms with Crippen LogP contribution < -0.4 is 5.32 Å². The Morgan fingerprint density at radius 2 is 1.61 bits per heavy atom. The van der Waals surface area contributed by atoms with Crippen LogP contribution in [-0.4, -0.2) is 44.7 Å². The summed E-state index contributed by atoms with van der Waals surface area (Å²) in [5.74, 6) is -5.80. The van der Waals surface area contributed by atoms with Crippen LogP contribution in [0.4, 0.5) is 26.3 Å². The molecule has 2 aromatic carbocycles. The van der Waals surface area contributed by atoms with Crippen LogP contribution in [0.3, 0.4) is 0 Å². The Labute approximate surface area is 225 Å². The van der Waals surface area contributed by atoms with Crippen molar-refractivity contribution >= 4 is 72.6 Å². The van der Waals surface area contributed by atoms with E-state index in [0.717, 1.165) is 24.3 Å². The first-order chi connectivity index (χ1) is 16.4. The summed E-state index contributed by atoms with van der Waals surface area (Å²) < 4.78 is 101. The molecule has 1 unspecified atom stereocenters. The fourth-order valence-electron chi connectivity index (χ4n) is 2.93. The molecule has 0 aromatic heterocycles. The van der Waals surface area contributed by atoms with Crippen molar-refractivity contribution in [3.05, 3.63) is 72.6 Å². The highest BCUT2D eigenvalue weighted by molar-refractivity contribution is 9.10. The summed E-state index contributed by atoms with van der Waals surface area (Å²) in [5, 5.41) is 1.81. The Morgan fingerprint density at radius 1 is 1.03 bits per heavy atom. The van der Waals surface area contributed by atoms with Gasteiger partial charge < -0.3 is 5.32 Å². The van der Waals surface area contributed by atoms with Gasteiger partial charge in [0.25, 0.3) is 5.91 Å². The van der Waals surface area contributed by atoms with E-state index >= 15 is 0 Å². The van der Waals surface area contributed by atoms with E-state index in [4.69, 9.17) is 34.8 Å². The van der Waals surface area contributed by atoms with Gasteiger partial charge in [0.2, 0.25) is 0 Å². The van der Waals surface area contributed by atoms with Crippen LogP contribution in [-0.2, 0) is 9.84 Å². The molecular formula is C21H15BrCl3F6NO3S. The van der Waals surface area contributed by atoms with Gasteiger partial charge in [-0.25, -0.2) is 8.42 Å². The van der Waals surface area contributed by atoms with Crippen molar-refractivity contribution < 1.29 is 39.6 Å². The van der Waals surface area contributed by atoms with Gasteiger partial charge in [0, 0.05) is 11.0 Å². The van der Waals surface area contributed by atoms with Gasteiger partial charge in [-0.05, 0) is 51.3 Å². The number of sulfone groups is 1. The third-order valence-electron chi connectivity index (χ3n) is 4.52. The van der Waals surface area contributed by atoms with Crippen LogP contribution in [0.15, 0.2) is 40.9 Å². The highest BCUT2D eigenvalue weighted by atomic mass is 79.9. The van der Waals surface area contributed by atoms with Crippen molar-refractivity contribution in [1.82, 2.24) is 5.32 Å². The van der Waals surface area contributed by atoms with E-state index < -0.39 is 52.1 Å². The highest BCUT2D eigenvalue weighted by Crippen LogP contribution is 2.41. The molecule has 15 heteroatoms. The second kappa shape index (κ2) is 11.9. The quantitative estimate of drug-likeness (QED) is 0.236. The molecule has 0 aliphatic rings. The molecule has 0 saturated carbocycles. The summed E-state index contributed by atoms with van der Waals surface area (Å²) in [7, 11) is -4.47. The van der Waals surface area contributed by atoms with E-state index in [1.165, 1.54) is 18.2 Å². The summed E-state index contributed by atoms with van der Waals surface area (Å²) in [4.78, 5) is 12.3. The molecule has 2 rings (SSSR count). The Bertz CT molecular complexity index is 1240. The Hall–Kier alpha value is -1.47. The van der Waals surface area contributed by atoms with Crippen molar-refractivity contribution in [3.63, 3.8) is 0 Å². The lowest BCUT2D eigenvalue weighted by molar-refractivity contribution is -0.139. The first-order valence-corrected chi connectivity index (χ1v) is 13.4. The minimum Gasteiger partial charge on any atom is -0.351 e. The van der Waals surface area contributed by atoms with Gasteiger partial charge in [-0.15, -0.1) is 0 Å². The summed E-state index contributed by atoms with van der Waals surface area (Å²) in [5.41, 5.74) is 0.0179. The minimum atomic E-state index is -4.90. The largest absolute Gasteiger partial charge is 0.402 e. The summed E-state index contributed by atoms with van der Waals surface area (Å²) >= 11 is 20.6. The molecule has 0 spiro atoms. The lowest BCUT2D eigenvalue weighted by Crippen LogP contribution is -2.33. The second-order valence-electron chi connectivity index (χ2n) is 7.38. The summed E-state index contributed by atoms with van der Waals surface area (Å²) in [6.45, 7) is -0.565. The van der Waals surface area contributed by atoms with Crippen LogP contribution in [0.5, 0.6) is 0 Å². The van der Waals surface area contributed by atoms with Crippen LogP contribution in [0, 0.1) is 0 Å². The fraction of sp³-hybridized carbons (Fsp3) is 0.286. The first kappa shape index (κ1) is 30.8. The number of hydrogen-bond donors (Lipinski definition) is 1. The zero-order chi connectivity index (χ0) is 27.5. The Morgan fingerprint density at radius 3 is 2.11 bits per heavy atom. The van der Waals surface area contributed by atoms with Crippen LogP contribution in [0.2, 0.25) is 15.1 Å². The topological polar surface area (TPSA) is 63.2 Å². The number of carbonyl (C=O) groups is 1. The predicted molar refractivity (Wildman–Crippen MR) is 130 cm³/mol. The van der Waals surface area contributed by atoms with E-state index in [0.29, 0.717) is 0 Å². The van der Waals surface area contributed by atoms with Gasteiger partial charge in [-0.2, -0.15) is 26.3 Å². The third kappa shape index (κ3) is 9.13. The molecule has 4 nitrogen and oxygen atoms in total. The number of carbonyl (C=O) groups excluding carboxylic acids is 1. The number of alkyl halides is 6. The average Bonchev–Trinajstić information content (AvgIpc) is 2.69. The summed E-state index contributed by atoms with van der Waals surface area (Å²) in [6.07, 6.45) is -7.57. The number of rotatable bonds is 8. The van der Waals surface area contributed by atoms with E-state index in [9.17, 15) is 39.6 Å². The number of hydrogen-bond acceptors (Lipinski definition) is 3. The van der Waals surface area contributed by atoms with Gasteiger partial charge in [-0.3, -0.25) is 4.79 Å². The van der Waals surface area contributed by atoms with Crippen molar-refractivity contribution in [1.29, 1.82) is 0 Å². The van der Waals surface area contributed by atoms with E-state index in [1.807, 2.05) is 0 Å². The lowest BCUT2D eigenvalue weighted by Gasteiger charge is -2.18. The number of allylic oxidation sites excluding steroid dienone is 1. The number of benzene rings is 2. The van der Waals surface area contributed by atoms with Gasteiger partial charge in [0.15, 0.2) is 9.84 Å². The van der Waals surface area contributed by atoms with Gasteiger partial charge in [0.1, 0.15) is 5.75 Å². The minimum absolute atomic E-state index is 0.0102. The molecular weight excluding hydrogens is 647 g/mol. The van der Waals surface area contributed by atoms with Crippen LogP contribution in [0.25, 0.3) is 6.08 Å². The molecule has 0 aliphatic heterocycles. The molecule has 198 valence electrons. The van der Waals surface area contributed by atoms with Crippen LogP contribution in [0.1, 0.15) is 27.4 Å². The molecule has 0 heterocycles. The van der Waals surface area contributed by atoms with E-state index in [-0.39, 0.29) is 36.2 Å².